The molecule has 0 aromatic heterocycles. The molecular formula is C16H24BrMgNO3. The fourth-order valence-electron chi connectivity index (χ4n) is 2.07. The van der Waals surface area contributed by atoms with Crippen LogP contribution in [0, 0.1) is 6.92 Å². The second-order valence-corrected chi connectivity index (χ2v) is 4.41. The van der Waals surface area contributed by atoms with Crippen LogP contribution < -0.4 is 21.9 Å². The normalized spacial score (nSPS) is 14.6. The fourth-order valence-corrected chi connectivity index (χ4v) is 2.07. The Morgan fingerprint density at radius 1 is 1.27 bits per heavy atom. The monoisotopic (exact) mass is 381 g/mol. The van der Waals surface area contributed by atoms with Gasteiger partial charge in [0.25, 0.3) is 0 Å². The Morgan fingerprint density at radius 3 is 2.23 bits per heavy atom. The van der Waals surface area contributed by atoms with Crippen LogP contribution in [0.15, 0.2) is 24.3 Å². The molecule has 1 aromatic carbocycles. The van der Waals surface area contributed by atoms with Gasteiger partial charge in [0.05, 0.1) is 13.2 Å². The zero-order chi connectivity index (χ0) is 15.0. The summed E-state index contributed by atoms with van der Waals surface area (Å²) in [6.07, 6.45) is -0.638. The molecular weight excluding hydrogens is 358 g/mol. The van der Waals surface area contributed by atoms with E-state index in [0.717, 1.165) is 32.0 Å². The van der Waals surface area contributed by atoms with E-state index in [0.29, 0.717) is 12.0 Å². The van der Waals surface area contributed by atoms with Crippen LogP contribution in [0.25, 0.3) is 0 Å². The fraction of sp³-hybridized carbons (Fsp3) is 0.500. The maximum absolute atomic E-state index is 11.4. The van der Waals surface area contributed by atoms with Crippen LogP contribution in [-0.4, -0.2) is 60.2 Å². The maximum Gasteiger partial charge on any atom is 2.00 e. The van der Waals surface area contributed by atoms with Gasteiger partial charge in [-0.25, -0.2) is 0 Å². The van der Waals surface area contributed by atoms with Gasteiger partial charge in [-0.05, 0) is 17.7 Å². The number of halogens is 1. The standard InChI is InChI=1S/C14H19NO3.C2H5.BrH.Mg/c1-2-13(16)14(17)11-3-5-12(6-4-11)15-7-9-18-10-8-15;1-2;;/h3-6,14,17H,2,7-10H2,1H3;1H2,2H3;1H;/q;-1;;+2/p-1. The molecule has 1 aliphatic heterocycles. The van der Waals surface area contributed by atoms with Gasteiger partial charge in [0.2, 0.25) is 0 Å². The van der Waals surface area contributed by atoms with Crippen molar-refractivity contribution in [3.8, 4) is 0 Å². The summed E-state index contributed by atoms with van der Waals surface area (Å²) in [5, 5.41) is 9.81. The van der Waals surface area contributed by atoms with E-state index in [1.165, 1.54) is 0 Å². The third kappa shape index (κ3) is 6.96. The first-order valence-electron chi connectivity index (χ1n) is 7.06. The number of carbonyl (C=O) groups is 1. The van der Waals surface area contributed by atoms with Gasteiger partial charge in [-0.15, -0.1) is 0 Å². The van der Waals surface area contributed by atoms with E-state index in [4.69, 9.17) is 4.74 Å². The minimum Gasteiger partial charge on any atom is -1.00 e. The summed E-state index contributed by atoms with van der Waals surface area (Å²) in [6.45, 7) is 10.0. The van der Waals surface area contributed by atoms with Gasteiger partial charge in [0.1, 0.15) is 6.10 Å². The molecule has 0 amide bonds. The number of carbonyl (C=O) groups excluding carboxylic acids is 1. The smallest absolute Gasteiger partial charge is 1.00 e. The number of aliphatic hydroxyl groups is 1. The molecule has 0 bridgehead atoms. The van der Waals surface area contributed by atoms with Gasteiger partial charge >= 0.3 is 23.1 Å². The third-order valence-corrected chi connectivity index (χ3v) is 3.24. The zero-order valence-electron chi connectivity index (χ0n) is 13.4. The van der Waals surface area contributed by atoms with E-state index >= 15 is 0 Å². The Kier molecular flexibility index (Phi) is 14.6. The average molecular weight is 383 g/mol. The summed E-state index contributed by atoms with van der Waals surface area (Å²) in [5.74, 6) is -0.144. The van der Waals surface area contributed by atoms with Crippen molar-refractivity contribution in [2.24, 2.45) is 0 Å². The number of hydrogen-bond donors (Lipinski definition) is 1. The Morgan fingerprint density at radius 2 is 1.77 bits per heavy atom. The minimum absolute atomic E-state index is 0. The molecule has 22 heavy (non-hydrogen) atoms. The van der Waals surface area contributed by atoms with Crippen molar-refractivity contribution < 1.29 is 31.6 Å². The van der Waals surface area contributed by atoms with Crippen molar-refractivity contribution in [1.29, 1.82) is 0 Å². The first-order valence-corrected chi connectivity index (χ1v) is 7.06. The summed E-state index contributed by atoms with van der Waals surface area (Å²) >= 11 is 0. The predicted octanol–water partition coefficient (Wildman–Crippen LogP) is -1.00. The van der Waals surface area contributed by atoms with E-state index in [1.807, 2.05) is 24.3 Å². The van der Waals surface area contributed by atoms with Crippen molar-refractivity contribution in [3.05, 3.63) is 36.8 Å². The summed E-state index contributed by atoms with van der Waals surface area (Å²) in [4.78, 5) is 13.7. The van der Waals surface area contributed by atoms with Crippen LogP contribution in [0.3, 0.4) is 0 Å². The molecule has 4 nitrogen and oxygen atoms in total. The topological polar surface area (TPSA) is 49.8 Å². The van der Waals surface area contributed by atoms with Crippen LogP contribution in [0.5, 0.6) is 0 Å². The molecule has 1 aliphatic rings. The van der Waals surface area contributed by atoms with Crippen LogP contribution in [0.4, 0.5) is 5.69 Å². The van der Waals surface area contributed by atoms with Gasteiger partial charge in [0, 0.05) is 25.2 Å². The molecule has 0 spiro atoms. The maximum atomic E-state index is 11.4. The van der Waals surface area contributed by atoms with Crippen molar-refractivity contribution in [3.63, 3.8) is 0 Å². The Labute approximate surface area is 160 Å². The quantitative estimate of drug-likeness (QED) is 0.536. The number of hydrogen-bond acceptors (Lipinski definition) is 4. The Balaban J connectivity index is 0. The molecule has 1 saturated heterocycles. The summed E-state index contributed by atoms with van der Waals surface area (Å²) in [5.41, 5.74) is 1.78. The number of morpholine rings is 1. The molecule has 1 fully saturated rings. The van der Waals surface area contributed by atoms with Crippen LogP contribution in [0.2, 0.25) is 0 Å². The first kappa shape index (κ1) is 24.1. The number of ketones is 1. The minimum atomic E-state index is -0.992. The largest absolute Gasteiger partial charge is 2.00 e. The number of anilines is 1. The van der Waals surface area contributed by atoms with Crippen LogP contribution >= 0.6 is 0 Å². The Bertz CT molecular complexity index is 408. The number of Topliss-reactive ketones (excluding diaryl/α,β-unsaturated/α-hetero) is 1. The number of ether oxygens (including phenoxy) is 1. The van der Waals surface area contributed by atoms with E-state index in [-0.39, 0.29) is 45.8 Å². The number of nitrogens with zero attached hydrogens (tertiary/aromatic N) is 1. The van der Waals surface area contributed by atoms with Gasteiger partial charge in [-0.1, -0.05) is 19.1 Å². The van der Waals surface area contributed by atoms with Gasteiger partial charge < -0.3 is 38.6 Å². The molecule has 0 saturated carbocycles. The number of rotatable bonds is 4. The van der Waals surface area contributed by atoms with E-state index in [2.05, 4.69) is 11.8 Å². The van der Waals surface area contributed by atoms with Crippen molar-refractivity contribution in [2.45, 2.75) is 26.4 Å². The summed E-state index contributed by atoms with van der Waals surface area (Å²) < 4.78 is 5.30. The first-order chi connectivity index (χ1) is 9.72. The molecule has 0 radical (unpaired) electrons. The van der Waals surface area contributed by atoms with E-state index in [1.54, 1.807) is 13.8 Å². The van der Waals surface area contributed by atoms with Gasteiger partial charge in [-0.2, -0.15) is 6.92 Å². The SMILES string of the molecule is CCC(=O)C(O)c1ccc(N2CCOCC2)cc1.[Br-].[CH2-]C.[Mg+2]. The van der Waals surface area contributed by atoms with Crippen molar-refractivity contribution >= 4 is 34.5 Å². The Hall–Kier alpha value is -0.144. The molecule has 1 atom stereocenters. The molecule has 120 valence electrons. The number of benzene rings is 1. The van der Waals surface area contributed by atoms with E-state index < -0.39 is 6.10 Å². The summed E-state index contributed by atoms with van der Waals surface area (Å²) in [7, 11) is 0. The molecule has 0 aliphatic carbocycles. The third-order valence-electron chi connectivity index (χ3n) is 3.24. The predicted molar refractivity (Wildman–Crippen MR) is 86.5 cm³/mol. The van der Waals surface area contributed by atoms with Crippen LogP contribution in [-0.2, 0) is 9.53 Å². The van der Waals surface area contributed by atoms with Crippen molar-refractivity contribution in [1.82, 2.24) is 0 Å². The van der Waals surface area contributed by atoms with Gasteiger partial charge in [0.15, 0.2) is 5.78 Å². The molecule has 6 heteroatoms. The molecule has 1 aromatic rings. The summed E-state index contributed by atoms with van der Waals surface area (Å²) in [6, 6.07) is 7.55. The zero-order valence-corrected chi connectivity index (χ0v) is 16.4. The second kappa shape index (κ2) is 13.3. The second-order valence-electron chi connectivity index (χ2n) is 4.41. The van der Waals surface area contributed by atoms with Crippen molar-refractivity contribution in [2.75, 3.05) is 31.2 Å². The average Bonchev–Trinajstić information content (AvgIpc) is 2.56. The number of aliphatic hydroxyl groups excluding tert-OH is 1. The van der Waals surface area contributed by atoms with Crippen LogP contribution in [0.1, 0.15) is 31.9 Å². The van der Waals surface area contributed by atoms with Gasteiger partial charge in [-0.3, -0.25) is 4.79 Å². The molecule has 1 heterocycles. The van der Waals surface area contributed by atoms with E-state index in [9.17, 15) is 9.90 Å². The molecule has 1 unspecified atom stereocenters. The molecule has 1 N–H and O–H groups in total. The molecule has 2 rings (SSSR count).